The Kier molecular flexibility index (Phi) is 5.08. The van der Waals surface area contributed by atoms with Crippen molar-refractivity contribution in [3.8, 4) is 0 Å². The van der Waals surface area contributed by atoms with E-state index in [-0.39, 0.29) is 18.1 Å². The van der Waals surface area contributed by atoms with Gasteiger partial charge in [0, 0.05) is 37.1 Å². The molecule has 2 heterocycles. The smallest absolute Gasteiger partial charge is 0.227 e. The van der Waals surface area contributed by atoms with Crippen LogP contribution in [0.15, 0.2) is 41.8 Å². The molecule has 0 spiro atoms. The van der Waals surface area contributed by atoms with Crippen LogP contribution in [-0.2, 0) is 11.2 Å². The van der Waals surface area contributed by atoms with Crippen molar-refractivity contribution in [2.45, 2.75) is 19.4 Å². The molecule has 1 unspecified atom stereocenters. The predicted octanol–water partition coefficient (Wildman–Crippen LogP) is 3.34. The highest BCUT2D eigenvalue weighted by Gasteiger charge is 2.25. The zero-order valence-corrected chi connectivity index (χ0v) is 14.1. The van der Waals surface area contributed by atoms with Gasteiger partial charge in [-0.05, 0) is 36.1 Å². The molecule has 1 fully saturated rings. The summed E-state index contributed by atoms with van der Waals surface area (Å²) in [4.78, 5) is 18.0. The number of carbonyl (C=O) groups excluding carboxylic acids is 1. The molecule has 1 aliphatic heterocycles. The van der Waals surface area contributed by atoms with E-state index in [1.54, 1.807) is 23.5 Å². The third-order valence-electron chi connectivity index (χ3n) is 4.41. The van der Waals surface area contributed by atoms with E-state index in [4.69, 9.17) is 0 Å². The lowest BCUT2D eigenvalue weighted by molar-refractivity contribution is -0.132. The van der Waals surface area contributed by atoms with Gasteiger partial charge in [0.25, 0.3) is 0 Å². The minimum absolute atomic E-state index is 0.0824. The minimum Gasteiger partial charge on any atom is -0.340 e. The topological polar surface area (TPSA) is 23.6 Å². The monoisotopic (exact) mass is 332 g/mol. The summed E-state index contributed by atoms with van der Waals surface area (Å²) in [6.07, 6.45) is 0.276. The van der Waals surface area contributed by atoms with E-state index in [1.807, 2.05) is 4.90 Å². The Morgan fingerprint density at radius 2 is 2.00 bits per heavy atom. The Hall–Kier alpha value is -1.72. The van der Waals surface area contributed by atoms with Crippen LogP contribution >= 0.6 is 11.3 Å². The maximum absolute atomic E-state index is 13.2. The number of amides is 1. The van der Waals surface area contributed by atoms with E-state index in [0.29, 0.717) is 6.04 Å². The molecule has 2 aromatic rings. The number of rotatable bonds is 4. The number of nitrogens with zero attached hydrogens (tertiary/aromatic N) is 2. The minimum atomic E-state index is -0.287. The summed E-state index contributed by atoms with van der Waals surface area (Å²) in [7, 11) is 0. The van der Waals surface area contributed by atoms with Gasteiger partial charge in [-0.2, -0.15) is 0 Å². The lowest BCUT2D eigenvalue weighted by Gasteiger charge is -2.37. The van der Waals surface area contributed by atoms with Gasteiger partial charge in [0.15, 0.2) is 0 Å². The molecular weight excluding hydrogens is 311 g/mol. The molecule has 0 bridgehead atoms. The highest BCUT2D eigenvalue weighted by Crippen LogP contribution is 2.25. The fraction of sp³-hybridized carbons (Fsp3) is 0.389. The molecule has 1 atom stereocenters. The number of hydrogen-bond donors (Lipinski definition) is 0. The summed E-state index contributed by atoms with van der Waals surface area (Å²) in [5, 5.41) is 2.10. The number of benzene rings is 1. The summed E-state index contributed by atoms with van der Waals surface area (Å²) in [6, 6.07) is 10.9. The van der Waals surface area contributed by atoms with Crippen LogP contribution in [0.2, 0.25) is 0 Å². The molecule has 1 aromatic carbocycles. The molecule has 1 saturated heterocycles. The number of carbonyl (C=O) groups is 1. The first-order valence-electron chi connectivity index (χ1n) is 7.93. The van der Waals surface area contributed by atoms with Crippen molar-refractivity contribution in [1.82, 2.24) is 9.80 Å². The molecule has 5 heteroatoms. The fourth-order valence-electron chi connectivity index (χ4n) is 3.00. The van der Waals surface area contributed by atoms with Crippen LogP contribution in [0.25, 0.3) is 0 Å². The van der Waals surface area contributed by atoms with E-state index in [1.165, 1.54) is 17.0 Å². The van der Waals surface area contributed by atoms with Crippen LogP contribution in [0, 0.1) is 5.82 Å². The summed E-state index contributed by atoms with van der Waals surface area (Å²) >= 11 is 1.78. The predicted molar refractivity (Wildman–Crippen MR) is 91.0 cm³/mol. The Morgan fingerprint density at radius 1 is 1.22 bits per heavy atom. The lowest BCUT2D eigenvalue weighted by Crippen LogP contribution is -2.49. The summed E-state index contributed by atoms with van der Waals surface area (Å²) in [5.74, 6) is -0.205. The first kappa shape index (κ1) is 16.1. The first-order valence-corrected chi connectivity index (χ1v) is 8.81. The second-order valence-electron chi connectivity index (χ2n) is 5.91. The van der Waals surface area contributed by atoms with Crippen molar-refractivity contribution in [1.29, 1.82) is 0 Å². The molecule has 1 amide bonds. The van der Waals surface area contributed by atoms with E-state index < -0.39 is 0 Å². The summed E-state index contributed by atoms with van der Waals surface area (Å²) in [5.41, 5.74) is 0.740. The van der Waals surface area contributed by atoms with Crippen LogP contribution in [0.3, 0.4) is 0 Å². The Labute approximate surface area is 140 Å². The van der Waals surface area contributed by atoms with Crippen LogP contribution < -0.4 is 0 Å². The average Bonchev–Trinajstić information content (AvgIpc) is 3.09. The second kappa shape index (κ2) is 7.23. The van der Waals surface area contributed by atoms with Gasteiger partial charge in [0.05, 0.1) is 6.42 Å². The van der Waals surface area contributed by atoms with Crippen LogP contribution in [0.5, 0.6) is 0 Å². The number of hydrogen-bond acceptors (Lipinski definition) is 3. The van der Waals surface area contributed by atoms with Gasteiger partial charge in [-0.3, -0.25) is 9.69 Å². The molecule has 0 saturated carbocycles. The van der Waals surface area contributed by atoms with Crippen molar-refractivity contribution in [2.24, 2.45) is 0 Å². The number of thiophene rings is 1. The van der Waals surface area contributed by atoms with Gasteiger partial charge >= 0.3 is 0 Å². The molecule has 0 aliphatic carbocycles. The molecule has 1 aliphatic rings. The van der Waals surface area contributed by atoms with E-state index in [9.17, 15) is 9.18 Å². The molecular formula is C18H21FN2OS. The third-order valence-corrected chi connectivity index (χ3v) is 5.46. The summed E-state index contributed by atoms with van der Waals surface area (Å²) < 4.78 is 13.2. The van der Waals surface area contributed by atoms with Crippen molar-refractivity contribution < 1.29 is 9.18 Å². The molecule has 23 heavy (non-hydrogen) atoms. The second-order valence-corrected chi connectivity index (χ2v) is 6.89. The van der Waals surface area contributed by atoms with Gasteiger partial charge in [0.1, 0.15) is 5.82 Å². The highest BCUT2D eigenvalue weighted by molar-refractivity contribution is 7.10. The Bertz CT molecular complexity index is 651. The van der Waals surface area contributed by atoms with Gasteiger partial charge in [-0.25, -0.2) is 4.39 Å². The average molecular weight is 332 g/mol. The Balaban J connectivity index is 1.53. The standard InChI is InChI=1S/C18H21FN2OS/c1-14(17-6-3-11-23-17)20-7-9-21(10-8-20)18(22)13-15-4-2-5-16(19)12-15/h2-6,11-12,14H,7-10,13H2,1H3. The lowest BCUT2D eigenvalue weighted by atomic mass is 10.1. The quantitative estimate of drug-likeness (QED) is 0.857. The number of halogens is 1. The van der Waals surface area contributed by atoms with Crippen molar-refractivity contribution >= 4 is 17.2 Å². The zero-order valence-electron chi connectivity index (χ0n) is 13.2. The molecule has 0 radical (unpaired) electrons. The molecule has 3 nitrogen and oxygen atoms in total. The van der Waals surface area contributed by atoms with Crippen molar-refractivity contribution in [2.75, 3.05) is 26.2 Å². The van der Waals surface area contributed by atoms with Crippen molar-refractivity contribution in [3.63, 3.8) is 0 Å². The third kappa shape index (κ3) is 3.98. The van der Waals surface area contributed by atoms with E-state index in [0.717, 1.165) is 31.7 Å². The molecule has 1 aromatic heterocycles. The molecule has 122 valence electrons. The first-order chi connectivity index (χ1) is 11.1. The molecule has 0 N–H and O–H groups in total. The van der Waals surface area contributed by atoms with E-state index >= 15 is 0 Å². The number of piperazine rings is 1. The maximum Gasteiger partial charge on any atom is 0.227 e. The van der Waals surface area contributed by atoms with Crippen molar-refractivity contribution in [3.05, 3.63) is 58.0 Å². The van der Waals surface area contributed by atoms with Gasteiger partial charge in [0.2, 0.25) is 5.91 Å². The maximum atomic E-state index is 13.2. The Morgan fingerprint density at radius 3 is 2.65 bits per heavy atom. The zero-order chi connectivity index (χ0) is 16.2. The largest absolute Gasteiger partial charge is 0.340 e. The van der Waals surface area contributed by atoms with Gasteiger partial charge in [-0.15, -0.1) is 11.3 Å². The summed E-state index contributed by atoms with van der Waals surface area (Å²) in [6.45, 7) is 5.46. The van der Waals surface area contributed by atoms with Gasteiger partial charge in [-0.1, -0.05) is 18.2 Å². The van der Waals surface area contributed by atoms with Crippen LogP contribution in [0.4, 0.5) is 4.39 Å². The van der Waals surface area contributed by atoms with Crippen LogP contribution in [0.1, 0.15) is 23.4 Å². The fourth-order valence-corrected chi connectivity index (χ4v) is 3.82. The molecule has 3 rings (SSSR count). The SMILES string of the molecule is CC(c1cccs1)N1CCN(C(=O)Cc2cccc(F)c2)CC1. The van der Waals surface area contributed by atoms with E-state index in [2.05, 4.69) is 29.3 Å². The highest BCUT2D eigenvalue weighted by atomic mass is 32.1. The normalized spacial score (nSPS) is 17.2. The van der Waals surface area contributed by atoms with Gasteiger partial charge < -0.3 is 4.90 Å². The van der Waals surface area contributed by atoms with Crippen LogP contribution in [-0.4, -0.2) is 41.9 Å².